The number of hydrogen-bond acceptors (Lipinski definition) is 3. The van der Waals surface area contributed by atoms with E-state index in [-0.39, 0.29) is 10.2 Å². The molecule has 0 amide bonds. The predicted octanol–water partition coefficient (Wildman–Crippen LogP) is 3.20. The van der Waals surface area contributed by atoms with E-state index in [1.807, 2.05) is 48.5 Å². The first kappa shape index (κ1) is 21.2. The van der Waals surface area contributed by atoms with Crippen LogP contribution in [0.3, 0.4) is 0 Å². The minimum atomic E-state index is -2.99. The predicted molar refractivity (Wildman–Crippen MR) is 127 cm³/mol. The number of pyridine rings is 1. The zero-order valence-corrected chi connectivity index (χ0v) is 18.6. The Kier molecular flexibility index (Phi) is 6.47. The molecule has 0 aliphatic rings. The van der Waals surface area contributed by atoms with E-state index >= 15 is 0 Å². The van der Waals surface area contributed by atoms with Crippen LogP contribution in [0.2, 0.25) is 5.04 Å². The molecule has 0 aliphatic carbocycles. The van der Waals surface area contributed by atoms with E-state index in [1.54, 1.807) is 6.20 Å². The van der Waals surface area contributed by atoms with Crippen molar-refractivity contribution >= 4 is 41.8 Å². The van der Waals surface area contributed by atoms with Gasteiger partial charge in [-0.15, -0.1) is 0 Å². The van der Waals surface area contributed by atoms with Gasteiger partial charge in [0.15, 0.2) is 5.11 Å². The van der Waals surface area contributed by atoms with Crippen LogP contribution in [0.4, 0.5) is 5.82 Å². The topological polar surface area (TPSA) is 71.2 Å². The van der Waals surface area contributed by atoms with Crippen LogP contribution >= 0.6 is 12.2 Å². The first-order chi connectivity index (χ1) is 13.8. The minimum absolute atomic E-state index is 0.199. The summed E-state index contributed by atoms with van der Waals surface area (Å²) >= 11 is 4.90. The molecule has 4 N–H and O–H groups in total. The largest absolute Gasteiger partial charge is 0.424 e. The minimum Gasteiger partial charge on any atom is -0.424 e. The van der Waals surface area contributed by atoms with Gasteiger partial charge in [0.25, 0.3) is 8.32 Å². The Morgan fingerprint density at radius 2 is 1.59 bits per heavy atom. The molecule has 0 spiro atoms. The van der Waals surface area contributed by atoms with Gasteiger partial charge in [-0.05, 0) is 58.2 Å². The van der Waals surface area contributed by atoms with Crippen molar-refractivity contribution in [3.63, 3.8) is 0 Å². The van der Waals surface area contributed by atoms with Crippen molar-refractivity contribution in [3.05, 3.63) is 84.6 Å². The second kappa shape index (κ2) is 8.86. The van der Waals surface area contributed by atoms with Crippen LogP contribution in [0, 0.1) is 0 Å². The number of nitrogens with zero attached hydrogens (tertiary/aromatic N) is 1. The molecule has 0 aliphatic heterocycles. The lowest BCUT2D eigenvalue weighted by Gasteiger charge is -2.41. The molecule has 0 saturated carbocycles. The van der Waals surface area contributed by atoms with Gasteiger partial charge in [-0.1, -0.05) is 74.5 Å². The number of nitrogens with one attached hydrogen (secondary N) is 1. The van der Waals surface area contributed by atoms with Crippen molar-refractivity contribution in [2.24, 2.45) is 5.73 Å². The molecule has 0 fully saturated rings. The van der Waals surface area contributed by atoms with E-state index in [0.717, 1.165) is 28.8 Å². The molecular formula is C23H27N3OSSi. The Bertz CT molecular complexity index is 925. The fraction of sp³-hybridized carbons (Fsp3) is 0.217. The van der Waals surface area contributed by atoms with Crippen molar-refractivity contribution in [1.82, 2.24) is 4.98 Å². The average Bonchev–Trinajstić information content (AvgIpc) is 2.73. The molecule has 3 rings (SSSR count). The summed E-state index contributed by atoms with van der Waals surface area (Å²) in [5.41, 5.74) is 6.69. The number of anilines is 1. The summed E-state index contributed by atoms with van der Waals surface area (Å²) in [6.07, 6.45) is 3.40. The summed E-state index contributed by atoms with van der Waals surface area (Å²) < 4.78 is 0. The van der Waals surface area contributed by atoms with Gasteiger partial charge in [-0.25, -0.2) is 4.98 Å². The molecule has 1 heterocycles. The number of thiocarbonyl (C=S) groups is 1. The maximum absolute atomic E-state index is 12.2. The van der Waals surface area contributed by atoms with Gasteiger partial charge < -0.3 is 15.8 Å². The number of nitrogens with two attached hydrogens (primary N) is 1. The van der Waals surface area contributed by atoms with E-state index < -0.39 is 8.32 Å². The molecule has 6 heteroatoms. The zero-order chi connectivity index (χ0) is 20.9. The molecule has 1 aromatic heterocycles. The van der Waals surface area contributed by atoms with Crippen molar-refractivity contribution in [2.75, 3.05) is 5.32 Å². The second-order valence-electron chi connectivity index (χ2n) is 7.86. The molecular weight excluding hydrogens is 394 g/mol. The highest BCUT2D eigenvalue weighted by molar-refractivity contribution is 7.80. The van der Waals surface area contributed by atoms with Crippen molar-refractivity contribution in [3.8, 4) is 0 Å². The van der Waals surface area contributed by atoms with Crippen molar-refractivity contribution < 1.29 is 4.80 Å². The first-order valence-corrected chi connectivity index (χ1v) is 12.0. The summed E-state index contributed by atoms with van der Waals surface area (Å²) in [7, 11) is -2.99. The molecule has 0 bridgehead atoms. The molecule has 0 atom stereocenters. The van der Waals surface area contributed by atoms with Crippen LogP contribution in [-0.2, 0) is 6.42 Å². The number of rotatable bonds is 7. The van der Waals surface area contributed by atoms with Crippen LogP contribution in [-0.4, -0.2) is 23.2 Å². The van der Waals surface area contributed by atoms with Crippen LogP contribution in [0.25, 0.3) is 0 Å². The van der Waals surface area contributed by atoms with Crippen molar-refractivity contribution in [1.29, 1.82) is 0 Å². The number of aromatic nitrogens is 1. The summed E-state index contributed by atoms with van der Waals surface area (Å²) in [6.45, 7) is 4.35. The zero-order valence-electron chi connectivity index (χ0n) is 16.8. The second-order valence-corrected chi connectivity index (χ2v) is 12.2. The lowest BCUT2D eigenvalue weighted by molar-refractivity contribution is 0.466. The Labute approximate surface area is 179 Å². The van der Waals surface area contributed by atoms with Crippen molar-refractivity contribution in [2.45, 2.75) is 31.7 Å². The molecule has 2 aromatic carbocycles. The highest BCUT2D eigenvalue weighted by atomic mass is 32.1. The summed E-state index contributed by atoms with van der Waals surface area (Å²) in [5, 5.41) is 4.84. The fourth-order valence-corrected chi connectivity index (χ4v) is 7.61. The Balaban J connectivity index is 1.91. The van der Waals surface area contributed by atoms with E-state index in [9.17, 15) is 4.80 Å². The van der Waals surface area contributed by atoms with E-state index in [2.05, 4.69) is 48.4 Å². The highest BCUT2D eigenvalue weighted by Gasteiger charge is 2.49. The Morgan fingerprint density at radius 1 is 1.03 bits per heavy atom. The normalized spacial score (nSPS) is 11.8. The van der Waals surface area contributed by atoms with E-state index in [1.165, 1.54) is 0 Å². The number of aryl methyl sites for hydroxylation is 1. The van der Waals surface area contributed by atoms with Gasteiger partial charge in [-0.2, -0.15) is 0 Å². The van der Waals surface area contributed by atoms with Crippen LogP contribution < -0.4 is 21.4 Å². The van der Waals surface area contributed by atoms with E-state index in [4.69, 9.17) is 18.0 Å². The van der Waals surface area contributed by atoms with Gasteiger partial charge in [0.2, 0.25) is 0 Å². The molecule has 0 saturated heterocycles. The molecule has 0 unspecified atom stereocenters. The summed E-state index contributed by atoms with van der Waals surface area (Å²) in [5.74, 6) is 0.645. The Hall–Kier alpha value is -2.54. The SMILES string of the molecule is CC(C)(CCc1ccnc(NC(N)=S)c1)[Si](O)(c1ccccc1)c1ccccc1. The maximum atomic E-state index is 12.2. The standard InChI is InChI=1S/C23H27N3OSSi/c1-23(2,15-13-18-14-16-25-21(17-18)26-22(24)28)29(27,19-9-5-3-6-10-19)20-11-7-4-8-12-20/h3-12,14,16-17,27H,13,15H2,1-2H3,(H3,24,25,26,28). The lowest BCUT2D eigenvalue weighted by Crippen LogP contribution is -2.65. The third kappa shape index (κ3) is 4.72. The average molecular weight is 422 g/mol. The quantitative estimate of drug-likeness (QED) is 0.404. The maximum Gasteiger partial charge on any atom is 0.258 e. The Morgan fingerprint density at radius 3 is 2.10 bits per heavy atom. The lowest BCUT2D eigenvalue weighted by atomic mass is 10.0. The van der Waals surface area contributed by atoms with Gasteiger partial charge in [0.1, 0.15) is 5.82 Å². The number of hydrogen-bond donors (Lipinski definition) is 3. The summed E-state index contributed by atoms with van der Waals surface area (Å²) in [4.78, 5) is 16.5. The van der Waals surface area contributed by atoms with Crippen LogP contribution in [0.5, 0.6) is 0 Å². The molecule has 4 nitrogen and oxygen atoms in total. The molecule has 150 valence electrons. The first-order valence-electron chi connectivity index (χ1n) is 9.68. The van der Waals surface area contributed by atoms with Gasteiger partial charge >= 0.3 is 0 Å². The van der Waals surface area contributed by atoms with Gasteiger partial charge in [0, 0.05) is 6.20 Å². The third-order valence-corrected chi connectivity index (χ3v) is 10.1. The molecule has 29 heavy (non-hydrogen) atoms. The van der Waals surface area contributed by atoms with Gasteiger partial charge in [0.05, 0.1) is 0 Å². The fourth-order valence-electron chi connectivity index (χ4n) is 3.77. The van der Waals surface area contributed by atoms with Gasteiger partial charge in [-0.3, -0.25) is 0 Å². The summed E-state index contributed by atoms with van der Waals surface area (Å²) in [6, 6.07) is 24.2. The van der Waals surface area contributed by atoms with E-state index in [0.29, 0.717) is 5.82 Å². The van der Waals surface area contributed by atoms with Crippen LogP contribution in [0.1, 0.15) is 25.8 Å². The highest BCUT2D eigenvalue weighted by Crippen LogP contribution is 2.39. The smallest absolute Gasteiger partial charge is 0.258 e. The van der Waals surface area contributed by atoms with Crippen LogP contribution in [0.15, 0.2) is 79.0 Å². The molecule has 3 aromatic rings. The number of benzene rings is 2. The molecule has 0 radical (unpaired) electrons. The third-order valence-electron chi connectivity index (χ3n) is 5.48. The monoisotopic (exact) mass is 421 g/mol.